The lowest BCUT2D eigenvalue weighted by Gasteiger charge is -2.07. The first-order valence-electron chi connectivity index (χ1n) is 5.35. The number of nitrogen functional groups attached to an aromatic ring is 1. The summed E-state index contributed by atoms with van der Waals surface area (Å²) in [7, 11) is 0. The number of alkyl halides is 3. The number of rotatable bonds is 0. The first-order chi connectivity index (χ1) is 8.97. The molecule has 96 valence electrons. The van der Waals surface area contributed by atoms with Crippen LogP contribution in [0.2, 0.25) is 0 Å². The van der Waals surface area contributed by atoms with Crippen molar-refractivity contribution in [3.05, 3.63) is 59.4 Å². The number of anilines is 1. The van der Waals surface area contributed by atoms with Gasteiger partial charge in [-0.3, -0.25) is 4.98 Å². The van der Waals surface area contributed by atoms with Crippen molar-refractivity contribution < 1.29 is 13.2 Å². The number of nitrogens with two attached hydrogens (primary N) is 1. The van der Waals surface area contributed by atoms with Crippen LogP contribution in [-0.2, 0) is 6.18 Å². The number of benzene rings is 1. The highest BCUT2D eigenvalue weighted by molar-refractivity contribution is 5.50. The molecule has 0 unspecified atom stereocenters. The summed E-state index contributed by atoms with van der Waals surface area (Å²) in [5.74, 6) is 5.12. The monoisotopic (exact) mass is 262 g/mol. The van der Waals surface area contributed by atoms with Crippen LogP contribution in [0, 0.1) is 11.8 Å². The number of halogens is 3. The van der Waals surface area contributed by atoms with E-state index in [4.69, 9.17) is 5.73 Å². The van der Waals surface area contributed by atoms with Crippen molar-refractivity contribution in [2.75, 3.05) is 5.73 Å². The van der Waals surface area contributed by atoms with Gasteiger partial charge in [-0.1, -0.05) is 17.9 Å². The summed E-state index contributed by atoms with van der Waals surface area (Å²) in [5.41, 5.74) is 5.68. The molecule has 1 aromatic carbocycles. The van der Waals surface area contributed by atoms with E-state index in [1.54, 1.807) is 24.3 Å². The molecule has 0 saturated heterocycles. The Hall–Kier alpha value is -2.48. The van der Waals surface area contributed by atoms with Crippen molar-refractivity contribution in [2.24, 2.45) is 0 Å². The Labute approximate surface area is 108 Å². The summed E-state index contributed by atoms with van der Waals surface area (Å²) in [6.07, 6.45) is -2.25. The Morgan fingerprint density at radius 3 is 2.58 bits per heavy atom. The number of hydrogen-bond acceptors (Lipinski definition) is 2. The van der Waals surface area contributed by atoms with Crippen molar-refractivity contribution in [1.82, 2.24) is 4.98 Å². The number of aromatic nitrogens is 1. The minimum absolute atomic E-state index is 0.155. The Bertz CT molecular complexity index is 651. The Morgan fingerprint density at radius 2 is 1.89 bits per heavy atom. The second-order valence-corrected chi connectivity index (χ2v) is 3.79. The van der Waals surface area contributed by atoms with E-state index in [0.29, 0.717) is 11.3 Å². The van der Waals surface area contributed by atoms with Crippen LogP contribution < -0.4 is 5.73 Å². The third kappa shape index (κ3) is 3.26. The van der Waals surface area contributed by atoms with Crippen LogP contribution in [0.15, 0.2) is 42.7 Å². The van der Waals surface area contributed by atoms with Gasteiger partial charge in [-0.2, -0.15) is 13.2 Å². The maximum Gasteiger partial charge on any atom is 0.417 e. The number of hydrogen-bond donors (Lipinski definition) is 1. The molecule has 0 fully saturated rings. The summed E-state index contributed by atoms with van der Waals surface area (Å²) >= 11 is 0. The molecule has 5 heteroatoms. The molecule has 0 aliphatic rings. The maximum atomic E-state index is 12.7. The first kappa shape index (κ1) is 13.0. The summed E-state index contributed by atoms with van der Waals surface area (Å²) in [4.78, 5) is 3.66. The summed E-state index contributed by atoms with van der Waals surface area (Å²) in [6.45, 7) is 0. The fourth-order valence-electron chi connectivity index (χ4n) is 1.50. The molecule has 1 aromatic heterocycles. The van der Waals surface area contributed by atoms with Crippen LogP contribution in [0.5, 0.6) is 0 Å². The van der Waals surface area contributed by atoms with Crippen LogP contribution in [-0.4, -0.2) is 4.98 Å². The highest BCUT2D eigenvalue weighted by Crippen LogP contribution is 2.30. The maximum absolute atomic E-state index is 12.7. The predicted molar refractivity (Wildman–Crippen MR) is 66.1 cm³/mol. The Kier molecular flexibility index (Phi) is 3.43. The molecular formula is C14H9F3N2. The number of nitrogens with zero attached hydrogens (tertiary/aromatic N) is 1. The minimum Gasteiger partial charge on any atom is -0.399 e. The van der Waals surface area contributed by atoms with Gasteiger partial charge in [0.05, 0.1) is 11.1 Å². The SMILES string of the molecule is Nc1cccc(C#Cc2cnccc2C(F)(F)F)c1. The van der Waals surface area contributed by atoms with Crippen LogP contribution in [0.25, 0.3) is 0 Å². The van der Waals surface area contributed by atoms with Gasteiger partial charge in [0.2, 0.25) is 0 Å². The fourth-order valence-corrected chi connectivity index (χ4v) is 1.50. The van der Waals surface area contributed by atoms with E-state index in [1.165, 1.54) is 0 Å². The third-order valence-corrected chi connectivity index (χ3v) is 2.35. The third-order valence-electron chi connectivity index (χ3n) is 2.35. The van der Waals surface area contributed by atoms with E-state index in [2.05, 4.69) is 16.8 Å². The highest BCUT2D eigenvalue weighted by Gasteiger charge is 2.32. The average Bonchev–Trinajstić information content (AvgIpc) is 2.36. The van der Waals surface area contributed by atoms with Crippen molar-refractivity contribution in [3.63, 3.8) is 0 Å². The zero-order chi connectivity index (χ0) is 13.9. The topological polar surface area (TPSA) is 38.9 Å². The molecule has 2 nitrogen and oxygen atoms in total. The lowest BCUT2D eigenvalue weighted by atomic mass is 10.1. The molecule has 0 bridgehead atoms. The van der Waals surface area contributed by atoms with Gasteiger partial charge >= 0.3 is 6.18 Å². The highest BCUT2D eigenvalue weighted by atomic mass is 19.4. The average molecular weight is 262 g/mol. The predicted octanol–water partition coefficient (Wildman–Crippen LogP) is 3.08. The van der Waals surface area contributed by atoms with E-state index in [1.807, 2.05) is 0 Å². The van der Waals surface area contributed by atoms with Crippen molar-refractivity contribution in [3.8, 4) is 11.8 Å². The molecule has 19 heavy (non-hydrogen) atoms. The van der Waals surface area contributed by atoms with Crippen molar-refractivity contribution in [2.45, 2.75) is 6.18 Å². The molecule has 1 heterocycles. The van der Waals surface area contributed by atoms with Gasteiger partial charge in [-0.15, -0.1) is 0 Å². The van der Waals surface area contributed by atoms with Gasteiger partial charge in [0.1, 0.15) is 0 Å². The van der Waals surface area contributed by atoms with E-state index < -0.39 is 11.7 Å². The van der Waals surface area contributed by atoms with Crippen molar-refractivity contribution in [1.29, 1.82) is 0 Å². The molecule has 2 rings (SSSR count). The Morgan fingerprint density at radius 1 is 1.11 bits per heavy atom. The summed E-state index contributed by atoms with van der Waals surface area (Å²) in [6, 6.07) is 7.54. The summed E-state index contributed by atoms with van der Waals surface area (Å²) < 4.78 is 38.2. The minimum atomic E-state index is -4.44. The molecule has 0 atom stereocenters. The molecule has 2 N–H and O–H groups in total. The summed E-state index contributed by atoms with van der Waals surface area (Å²) in [5, 5.41) is 0. The number of pyridine rings is 1. The normalized spacial score (nSPS) is 10.7. The van der Waals surface area contributed by atoms with Gasteiger partial charge in [0, 0.05) is 23.6 Å². The van der Waals surface area contributed by atoms with E-state index in [9.17, 15) is 13.2 Å². The van der Waals surface area contributed by atoms with Gasteiger partial charge < -0.3 is 5.73 Å². The van der Waals surface area contributed by atoms with Gasteiger partial charge in [0.25, 0.3) is 0 Å². The van der Waals surface area contributed by atoms with Crippen LogP contribution in [0.1, 0.15) is 16.7 Å². The molecule has 0 spiro atoms. The van der Waals surface area contributed by atoms with Crippen LogP contribution in [0.4, 0.5) is 18.9 Å². The zero-order valence-electron chi connectivity index (χ0n) is 9.70. The smallest absolute Gasteiger partial charge is 0.399 e. The zero-order valence-corrected chi connectivity index (χ0v) is 9.70. The van der Waals surface area contributed by atoms with Gasteiger partial charge in [0.15, 0.2) is 0 Å². The molecule has 0 radical (unpaired) electrons. The first-order valence-corrected chi connectivity index (χ1v) is 5.35. The lowest BCUT2D eigenvalue weighted by Crippen LogP contribution is -2.07. The van der Waals surface area contributed by atoms with Gasteiger partial charge in [-0.25, -0.2) is 0 Å². The van der Waals surface area contributed by atoms with Crippen LogP contribution >= 0.6 is 0 Å². The quantitative estimate of drug-likeness (QED) is 0.585. The van der Waals surface area contributed by atoms with E-state index in [-0.39, 0.29) is 5.56 Å². The molecule has 2 aromatic rings. The van der Waals surface area contributed by atoms with Gasteiger partial charge in [-0.05, 0) is 24.3 Å². The molecule has 0 aliphatic carbocycles. The van der Waals surface area contributed by atoms with E-state index in [0.717, 1.165) is 18.5 Å². The molecular weight excluding hydrogens is 253 g/mol. The molecule has 0 amide bonds. The second-order valence-electron chi connectivity index (χ2n) is 3.79. The van der Waals surface area contributed by atoms with E-state index >= 15 is 0 Å². The largest absolute Gasteiger partial charge is 0.417 e. The second kappa shape index (κ2) is 5.02. The van der Waals surface area contributed by atoms with Crippen molar-refractivity contribution >= 4 is 5.69 Å². The molecule has 0 aliphatic heterocycles. The fraction of sp³-hybridized carbons (Fsp3) is 0.0714. The molecule has 0 saturated carbocycles. The lowest BCUT2D eigenvalue weighted by molar-refractivity contribution is -0.137. The standard InChI is InChI=1S/C14H9F3N2/c15-14(16,17)13-6-7-19-9-11(13)5-4-10-2-1-3-12(18)8-10/h1-3,6-9H,18H2. The Balaban J connectivity index is 2.41. The van der Waals surface area contributed by atoms with Crippen LogP contribution in [0.3, 0.4) is 0 Å².